The zero-order valence-electron chi connectivity index (χ0n) is 13.8. The molecule has 3 saturated heterocycles. The van der Waals surface area contributed by atoms with Crippen molar-refractivity contribution in [2.24, 2.45) is 0 Å². The quantitative estimate of drug-likeness (QED) is 0.687. The van der Waals surface area contributed by atoms with Gasteiger partial charge in [0.15, 0.2) is 0 Å². The maximum Gasteiger partial charge on any atom is 0.410 e. The molecule has 24 heavy (non-hydrogen) atoms. The topological polar surface area (TPSA) is 99.6 Å². The third kappa shape index (κ3) is 5.07. The molecule has 0 aromatic heterocycles. The predicted molar refractivity (Wildman–Crippen MR) is 83.6 cm³/mol. The molecular weight excluding hydrogens is 318 g/mol. The summed E-state index contributed by atoms with van der Waals surface area (Å²) in [5.74, 6) is 0.0364. The van der Waals surface area contributed by atoms with Crippen LogP contribution >= 0.6 is 0 Å². The van der Waals surface area contributed by atoms with Crippen molar-refractivity contribution in [1.29, 1.82) is 0 Å². The Kier molecular flexibility index (Phi) is 7.26. The van der Waals surface area contributed by atoms with Gasteiger partial charge in [-0.2, -0.15) is 0 Å². The van der Waals surface area contributed by atoms with Crippen LogP contribution in [-0.2, 0) is 19.1 Å². The van der Waals surface area contributed by atoms with Crippen LogP contribution in [0.4, 0.5) is 4.79 Å². The van der Waals surface area contributed by atoms with Crippen LogP contribution in [0.1, 0.15) is 12.8 Å². The van der Waals surface area contributed by atoms with Gasteiger partial charge in [-0.3, -0.25) is 19.4 Å². The maximum atomic E-state index is 12.2. The first-order valence-electron chi connectivity index (χ1n) is 8.25. The molecule has 0 bridgehead atoms. The second-order valence-corrected chi connectivity index (χ2v) is 5.90. The van der Waals surface area contributed by atoms with E-state index >= 15 is 0 Å². The molecule has 0 saturated carbocycles. The van der Waals surface area contributed by atoms with E-state index in [0.717, 1.165) is 52.2 Å². The molecule has 9 nitrogen and oxygen atoms in total. The highest BCUT2D eigenvalue weighted by molar-refractivity contribution is 5.83. The molecule has 0 radical (unpaired) electrons. The molecule has 3 rings (SSSR count). The SMILES string of the molecule is O=C(CN1CCOC1=O)N1CCC(N2CCOCC2)CC1.O=CO. The van der Waals surface area contributed by atoms with Gasteiger partial charge in [-0.15, -0.1) is 0 Å². The molecule has 2 amide bonds. The van der Waals surface area contributed by atoms with Crippen molar-refractivity contribution in [2.75, 3.05) is 59.1 Å². The van der Waals surface area contributed by atoms with Crippen LogP contribution < -0.4 is 0 Å². The predicted octanol–water partition coefficient (Wildman–Crippen LogP) is -0.537. The second-order valence-electron chi connectivity index (χ2n) is 5.90. The van der Waals surface area contributed by atoms with Crippen LogP contribution in [0.15, 0.2) is 0 Å². The molecule has 3 aliphatic rings. The Labute approximate surface area is 141 Å². The third-order valence-electron chi connectivity index (χ3n) is 4.55. The lowest BCUT2D eigenvalue weighted by Gasteiger charge is -2.40. The highest BCUT2D eigenvalue weighted by Gasteiger charge is 2.30. The first-order chi connectivity index (χ1) is 11.7. The molecule has 0 atom stereocenters. The Morgan fingerprint density at radius 3 is 2.29 bits per heavy atom. The number of hydrogen-bond acceptors (Lipinski definition) is 6. The summed E-state index contributed by atoms with van der Waals surface area (Å²) in [5, 5.41) is 6.89. The van der Waals surface area contributed by atoms with Crippen molar-refractivity contribution in [3.8, 4) is 0 Å². The van der Waals surface area contributed by atoms with Gasteiger partial charge in [0.1, 0.15) is 13.2 Å². The Morgan fingerprint density at radius 2 is 1.75 bits per heavy atom. The van der Waals surface area contributed by atoms with E-state index in [9.17, 15) is 9.59 Å². The summed E-state index contributed by atoms with van der Waals surface area (Å²) in [4.78, 5) is 37.8. The fourth-order valence-electron chi connectivity index (χ4n) is 3.26. The number of piperidine rings is 1. The van der Waals surface area contributed by atoms with Gasteiger partial charge in [0.05, 0.1) is 19.8 Å². The lowest BCUT2D eigenvalue weighted by molar-refractivity contribution is -0.133. The first-order valence-corrected chi connectivity index (χ1v) is 8.25. The van der Waals surface area contributed by atoms with Crippen molar-refractivity contribution < 1.29 is 29.0 Å². The number of nitrogens with zero attached hydrogens (tertiary/aromatic N) is 3. The Balaban J connectivity index is 0.000000647. The maximum absolute atomic E-state index is 12.2. The van der Waals surface area contributed by atoms with Gasteiger partial charge >= 0.3 is 6.09 Å². The minimum atomic E-state index is -0.369. The fourth-order valence-corrected chi connectivity index (χ4v) is 3.26. The summed E-state index contributed by atoms with van der Waals surface area (Å²) >= 11 is 0. The lowest BCUT2D eigenvalue weighted by Crippen LogP contribution is -2.51. The number of cyclic esters (lactones) is 1. The Bertz CT molecular complexity index is 433. The molecule has 9 heteroatoms. The number of carboxylic acid groups (broad SMARTS) is 1. The monoisotopic (exact) mass is 343 g/mol. The van der Waals surface area contributed by atoms with Crippen molar-refractivity contribution >= 4 is 18.5 Å². The average molecular weight is 343 g/mol. The molecular formula is C15H25N3O6. The summed E-state index contributed by atoms with van der Waals surface area (Å²) in [6.45, 7) is 6.01. The largest absolute Gasteiger partial charge is 0.483 e. The molecule has 3 heterocycles. The van der Waals surface area contributed by atoms with Crippen molar-refractivity contribution in [3.05, 3.63) is 0 Å². The first kappa shape index (κ1) is 18.5. The molecule has 3 fully saturated rings. The average Bonchev–Trinajstić information content (AvgIpc) is 3.01. The van der Waals surface area contributed by atoms with Crippen LogP contribution in [0.25, 0.3) is 0 Å². The lowest BCUT2D eigenvalue weighted by atomic mass is 10.0. The van der Waals surface area contributed by atoms with Gasteiger partial charge < -0.3 is 19.5 Å². The molecule has 1 N–H and O–H groups in total. The van der Waals surface area contributed by atoms with Crippen molar-refractivity contribution in [2.45, 2.75) is 18.9 Å². The Morgan fingerprint density at radius 1 is 1.12 bits per heavy atom. The van der Waals surface area contributed by atoms with Crippen LogP contribution in [0.3, 0.4) is 0 Å². The number of carbonyl (C=O) groups is 3. The highest BCUT2D eigenvalue weighted by Crippen LogP contribution is 2.18. The van der Waals surface area contributed by atoms with Crippen LogP contribution in [-0.4, -0.2) is 103 Å². The smallest absolute Gasteiger partial charge is 0.410 e. The van der Waals surface area contributed by atoms with Gasteiger partial charge in [0, 0.05) is 32.2 Å². The summed E-state index contributed by atoms with van der Waals surface area (Å²) in [5.41, 5.74) is 0. The summed E-state index contributed by atoms with van der Waals surface area (Å²) in [7, 11) is 0. The molecule has 0 aromatic carbocycles. The molecule has 0 aromatic rings. The number of ether oxygens (including phenoxy) is 2. The van der Waals surface area contributed by atoms with E-state index < -0.39 is 0 Å². The number of morpholine rings is 1. The van der Waals surface area contributed by atoms with Crippen LogP contribution in [0.2, 0.25) is 0 Å². The third-order valence-corrected chi connectivity index (χ3v) is 4.55. The minimum absolute atomic E-state index is 0.0364. The van der Waals surface area contributed by atoms with E-state index in [1.807, 2.05) is 4.90 Å². The second kappa shape index (κ2) is 9.43. The van der Waals surface area contributed by atoms with E-state index in [-0.39, 0.29) is 25.0 Å². The van der Waals surface area contributed by atoms with Gasteiger partial charge in [0.25, 0.3) is 6.47 Å². The number of amides is 2. The number of hydrogen-bond donors (Lipinski definition) is 1. The van der Waals surface area contributed by atoms with E-state index in [1.54, 1.807) is 0 Å². The molecule has 136 valence electrons. The van der Waals surface area contributed by atoms with E-state index in [4.69, 9.17) is 19.4 Å². The summed E-state index contributed by atoms with van der Waals surface area (Å²) in [6.07, 6.45) is 1.65. The fraction of sp³-hybridized carbons (Fsp3) is 0.800. The number of carbonyl (C=O) groups excluding carboxylic acids is 2. The van der Waals surface area contributed by atoms with E-state index in [1.165, 1.54) is 4.90 Å². The van der Waals surface area contributed by atoms with Gasteiger partial charge in [-0.1, -0.05) is 0 Å². The van der Waals surface area contributed by atoms with Gasteiger partial charge in [0.2, 0.25) is 5.91 Å². The highest BCUT2D eigenvalue weighted by atomic mass is 16.6. The van der Waals surface area contributed by atoms with E-state index in [2.05, 4.69) is 4.90 Å². The van der Waals surface area contributed by atoms with Crippen LogP contribution in [0, 0.1) is 0 Å². The number of likely N-dealkylation sites (tertiary alicyclic amines) is 1. The Hall–Kier alpha value is -1.87. The summed E-state index contributed by atoms with van der Waals surface area (Å²) in [6, 6.07) is 0.565. The molecule has 0 unspecified atom stereocenters. The molecule has 0 aliphatic carbocycles. The number of rotatable bonds is 3. The van der Waals surface area contributed by atoms with Crippen LogP contribution in [0.5, 0.6) is 0 Å². The molecule has 3 aliphatic heterocycles. The minimum Gasteiger partial charge on any atom is -0.483 e. The zero-order valence-corrected chi connectivity index (χ0v) is 13.8. The van der Waals surface area contributed by atoms with E-state index in [0.29, 0.717) is 19.2 Å². The van der Waals surface area contributed by atoms with Crippen molar-refractivity contribution in [1.82, 2.24) is 14.7 Å². The zero-order chi connectivity index (χ0) is 17.4. The van der Waals surface area contributed by atoms with Crippen molar-refractivity contribution in [3.63, 3.8) is 0 Å². The molecule has 0 spiro atoms. The normalized spacial score (nSPS) is 22.6. The summed E-state index contributed by atoms with van der Waals surface area (Å²) < 4.78 is 10.2. The standard InChI is InChI=1S/C14H23N3O4.CH2O2/c18-13(11-17-7-10-21-14(17)19)16-3-1-12(2-4-16)15-5-8-20-9-6-15;2-1-3/h12H,1-11H2;1H,(H,2,3). The van der Waals surface area contributed by atoms with Gasteiger partial charge in [-0.05, 0) is 12.8 Å². The van der Waals surface area contributed by atoms with Gasteiger partial charge in [-0.25, -0.2) is 4.79 Å².